The van der Waals surface area contributed by atoms with Gasteiger partial charge >= 0.3 is 0 Å². The molecule has 1 saturated heterocycles. The summed E-state index contributed by atoms with van der Waals surface area (Å²) in [5.74, 6) is 0.124. The minimum atomic E-state index is -0.289. The molecule has 0 aromatic heterocycles. The summed E-state index contributed by atoms with van der Waals surface area (Å²) in [6.45, 7) is 0. The summed E-state index contributed by atoms with van der Waals surface area (Å²) in [7, 11) is 0. The minimum Gasteiger partial charge on any atom is -0.271 e. The monoisotopic (exact) mass is 370 g/mol. The Bertz CT molecular complexity index is 1060. The molecule has 28 heavy (non-hydrogen) atoms. The first-order valence-electron chi connectivity index (χ1n) is 9.71. The molecule has 0 saturated carbocycles. The van der Waals surface area contributed by atoms with Crippen LogP contribution >= 0.6 is 0 Å². The molecule has 0 radical (unpaired) electrons. The third-order valence-corrected chi connectivity index (χ3v) is 5.87. The number of hydrazine groups is 1. The number of carbonyl (C=O) groups excluding carboxylic acids is 1. The number of hydrazone groups is 1. The number of aryl methyl sites for hydroxylation is 1. The van der Waals surface area contributed by atoms with Crippen LogP contribution in [0.5, 0.6) is 0 Å². The first kappa shape index (κ1) is 17.1. The number of hydrogen-bond donors (Lipinski definition) is 3. The van der Waals surface area contributed by atoms with Crippen LogP contribution in [0.15, 0.2) is 71.8 Å². The first-order valence-corrected chi connectivity index (χ1v) is 9.71. The van der Waals surface area contributed by atoms with Gasteiger partial charge in [0.15, 0.2) is 0 Å². The second kappa shape index (κ2) is 7.19. The predicted octanol–water partition coefficient (Wildman–Crippen LogP) is 3.07. The Kier molecular flexibility index (Phi) is 4.39. The first-order chi connectivity index (χ1) is 13.8. The highest BCUT2D eigenvalue weighted by Crippen LogP contribution is 2.38. The van der Waals surface area contributed by atoms with Crippen LogP contribution in [0.4, 0.5) is 0 Å². The van der Waals surface area contributed by atoms with Crippen molar-refractivity contribution in [1.29, 1.82) is 0 Å². The lowest BCUT2D eigenvalue weighted by atomic mass is 9.77. The molecular weight excluding hydrogens is 348 g/mol. The largest absolute Gasteiger partial charge is 0.271 e. The molecule has 1 amide bonds. The molecule has 5 nitrogen and oxygen atoms in total. The van der Waals surface area contributed by atoms with E-state index in [2.05, 4.69) is 63.8 Å². The van der Waals surface area contributed by atoms with Crippen LogP contribution in [0.25, 0.3) is 10.8 Å². The molecule has 140 valence electrons. The Labute approximate surface area is 163 Å². The van der Waals surface area contributed by atoms with Crippen LogP contribution in [0.1, 0.15) is 29.2 Å². The van der Waals surface area contributed by atoms with E-state index in [1.54, 1.807) is 6.21 Å². The molecule has 2 aliphatic rings. The minimum absolute atomic E-state index is 0.101. The molecule has 3 aromatic rings. The molecule has 5 rings (SSSR count). The molecule has 3 aromatic carbocycles. The maximum atomic E-state index is 12.7. The van der Waals surface area contributed by atoms with Crippen molar-refractivity contribution in [3.05, 3.63) is 83.4 Å². The highest BCUT2D eigenvalue weighted by molar-refractivity contribution is 6.00. The van der Waals surface area contributed by atoms with E-state index in [0.717, 1.165) is 29.2 Å². The van der Waals surface area contributed by atoms with Crippen LogP contribution in [0, 0.1) is 5.92 Å². The summed E-state index contributed by atoms with van der Waals surface area (Å²) in [6.07, 6.45) is 3.70. The van der Waals surface area contributed by atoms with E-state index in [1.165, 1.54) is 11.1 Å². The third kappa shape index (κ3) is 2.99. The molecule has 5 heteroatoms. The number of fused-ring (bicyclic) bond motifs is 4. The molecule has 1 aliphatic carbocycles. The summed E-state index contributed by atoms with van der Waals surface area (Å²) in [5.41, 5.74) is 12.9. The van der Waals surface area contributed by atoms with Gasteiger partial charge in [-0.25, -0.2) is 16.3 Å². The van der Waals surface area contributed by atoms with Crippen molar-refractivity contribution in [3.63, 3.8) is 0 Å². The van der Waals surface area contributed by atoms with Crippen LogP contribution in [0.2, 0.25) is 0 Å². The molecule has 3 N–H and O–H groups in total. The second-order valence-corrected chi connectivity index (χ2v) is 7.45. The van der Waals surface area contributed by atoms with E-state index >= 15 is 0 Å². The molecule has 1 fully saturated rings. The Balaban J connectivity index is 1.30. The van der Waals surface area contributed by atoms with Gasteiger partial charge in [0.25, 0.3) is 5.91 Å². The van der Waals surface area contributed by atoms with E-state index in [4.69, 9.17) is 0 Å². The van der Waals surface area contributed by atoms with Crippen LogP contribution < -0.4 is 16.3 Å². The number of rotatable bonds is 3. The van der Waals surface area contributed by atoms with Crippen molar-refractivity contribution in [2.24, 2.45) is 11.0 Å². The normalized spacial score (nSPS) is 23.5. The van der Waals surface area contributed by atoms with Gasteiger partial charge in [0.1, 0.15) is 6.04 Å². The summed E-state index contributed by atoms with van der Waals surface area (Å²) >= 11 is 0. The quantitative estimate of drug-likeness (QED) is 0.490. The number of carbonyl (C=O) groups is 1. The average molecular weight is 370 g/mol. The molecule has 3 unspecified atom stereocenters. The fourth-order valence-corrected chi connectivity index (χ4v) is 4.47. The Morgan fingerprint density at radius 1 is 1.00 bits per heavy atom. The topological polar surface area (TPSA) is 65.5 Å². The zero-order valence-electron chi connectivity index (χ0n) is 15.4. The smallest absolute Gasteiger partial charge is 0.258 e. The zero-order valence-corrected chi connectivity index (χ0v) is 15.4. The molecule has 0 spiro atoms. The van der Waals surface area contributed by atoms with Gasteiger partial charge in [0.2, 0.25) is 0 Å². The zero-order chi connectivity index (χ0) is 18.9. The van der Waals surface area contributed by atoms with E-state index in [1.807, 2.05) is 24.3 Å². The maximum absolute atomic E-state index is 12.7. The number of nitrogens with one attached hydrogen (secondary N) is 3. The molecule has 3 atom stereocenters. The lowest BCUT2D eigenvalue weighted by Gasteiger charge is -2.29. The van der Waals surface area contributed by atoms with Crippen molar-refractivity contribution >= 4 is 22.9 Å². The number of hydrogen-bond acceptors (Lipinski definition) is 4. The third-order valence-electron chi connectivity index (χ3n) is 5.87. The van der Waals surface area contributed by atoms with Crippen molar-refractivity contribution in [1.82, 2.24) is 16.3 Å². The fourth-order valence-electron chi connectivity index (χ4n) is 4.47. The van der Waals surface area contributed by atoms with E-state index < -0.39 is 0 Å². The maximum Gasteiger partial charge on any atom is 0.258 e. The van der Waals surface area contributed by atoms with Crippen LogP contribution in [0.3, 0.4) is 0 Å². The standard InChI is InChI=1S/C23H22N4O/c28-23(27-24-14-17-9-5-8-15-6-1-3-10-18(15)17)22-20-13-12-16-7-2-4-11-19(16)21(20)25-26-22/h1-11,14,20-22,25-26H,12-13H2,(H,27,28)/b24-14+. The van der Waals surface area contributed by atoms with Gasteiger partial charge in [-0.05, 0) is 34.7 Å². The second-order valence-electron chi connectivity index (χ2n) is 7.45. The average Bonchev–Trinajstić information content (AvgIpc) is 3.19. The molecule has 1 aliphatic heterocycles. The highest BCUT2D eigenvalue weighted by atomic mass is 16.2. The number of nitrogens with zero attached hydrogens (tertiary/aromatic N) is 1. The van der Waals surface area contributed by atoms with Crippen LogP contribution in [-0.4, -0.2) is 18.2 Å². The van der Waals surface area contributed by atoms with Gasteiger partial charge in [0.05, 0.1) is 12.3 Å². The Morgan fingerprint density at radius 2 is 1.82 bits per heavy atom. The van der Waals surface area contributed by atoms with Crippen molar-refractivity contribution in [3.8, 4) is 0 Å². The number of benzene rings is 3. The molecule has 1 heterocycles. The summed E-state index contributed by atoms with van der Waals surface area (Å²) in [5, 5.41) is 6.50. The lowest BCUT2D eigenvalue weighted by Crippen LogP contribution is -2.44. The SMILES string of the molecule is O=C(N/N=C/c1cccc2ccccc12)C1NNC2c3ccccc3CCC12. The van der Waals surface area contributed by atoms with Gasteiger partial charge < -0.3 is 0 Å². The van der Waals surface area contributed by atoms with E-state index in [0.29, 0.717) is 0 Å². The van der Waals surface area contributed by atoms with E-state index in [9.17, 15) is 4.79 Å². The number of amides is 1. The highest BCUT2D eigenvalue weighted by Gasteiger charge is 2.43. The summed E-state index contributed by atoms with van der Waals surface area (Å²) in [6, 6.07) is 22.6. The summed E-state index contributed by atoms with van der Waals surface area (Å²) in [4.78, 5) is 12.7. The molecule has 0 bridgehead atoms. The Hall–Kier alpha value is -3.02. The fraction of sp³-hybridized carbons (Fsp3) is 0.217. The van der Waals surface area contributed by atoms with Gasteiger partial charge in [-0.1, -0.05) is 66.7 Å². The van der Waals surface area contributed by atoms with Gasteiger partial charge in [-0.2, -0.15) is 5.10 Å². The van der Waals surface area contributed by atoms with Crippen molar-refractivity contribution < 1.29 is 4.79 Å². The van der Waals surface area contributed by atoms with Gasteiger partial charge in [0, 0.05) is 11.5 Å². The summed E-state index contributed by atoms with van der Waals surface area (Å²) < 4.78 is 0. The molecular formula is C23H22N4O. The van der Waals surface area contributed by atoms with Crippen molar-refractivity contribution in [2.75, 3.05) is 0 Å². The van der Waals surface area contributed by atoms with Crippen molar-refractivity contribution in [2.45, 2.75) is 24.9 Å². The lowest BCUT2D eigenvalue weighted by molar-refractivity contribution is -0.123. The van der Waals surface area contributed by atoms with E-state index in [-0.39, 0.29) is 23.9 Å². The predicted molar refractivity (Wildman–Crippen MR) is 111 cm³/mol. The Morgan fingerprint density at radius 3 is 2.79 bits per heavy atom. The van der Waals surface area contributed by atoms with Crippen LogP contribution in [-0.2, 0) is 11.2 Å². The van der Waals surface area contributed by atoms with Gasteiger partial charge in [-0.15, -0.1) is 0 Å². The van der Waals surface area contributed by atoms with Gasteiger partial charge in [-0.3, -0.25) is 4.79 Å².